The van der Waals surface area contributed by atoms with Crippen LogP contribution in [-0.4, -0.2) is 51.9 Å². The van der Waals surface area contributed by atoms with Crippen molar-refractivity contribution in [2.45, 2.75) is 19.9 Å². The van der Waals surface area contributed by atoms with Crippen molar-refractivity contribution in [3.63, 3.8) is 0 Å². The molecule has 0 atom stereocenters. The Balaban J connectivity index is 1.33. The second-order valence-corrected chi connectivity index (χ2v) is 8.17. The number of carbonyl (C=O) groups is 1. The quantitative estimate of drug-likeness (QED) is 0.668. The van der Waals surface area contributed by atoms with Gasteiger partial charge in [0.15, 0.2) is 0 Å². The fourth-order valence-corrected chi connectivity index (χ4v) is 4.49. The fourth-order valence-electron chi connectivity index (χ4n) is 3.45. The zero-order chi connectivity index (χ0) is 19.3. The number of rotatable bonds is 5. The van der Waals surface area contributed by atoms with Crippen LogP contribution in [0.25, 0.3) is 10.6 Å². The zero-order valence-corrected chi connectivity index (χ0v) is 16.9. The minimum atomic E-state index is 0.198. The van der Waals surface area contributed by atoms with Crippen molar-refractivity contribution in [3.05, 3.63) is 71.0 Å². The molecule has 0 aliphatic carbocycles. The molecule has 0 saturated carbocycles. The average molecular weight is 393 g/mol. The minimum absolute atomic E-state index is 0.198. The van der Waals surface area contributed by atoms with Crippen LogP contribution in [0.1, 0.15) is 16.1 Å². The van der Waals surface area contributed by atoms with Gasteiger partial charge in [-0.15, -0.1) is 11.3 Å². The van der Waals surface area contributed by atoms with Crippen LogP contribution in [0.5, 0.6) is 0 Å². The molecule has 0 unspecified atom stereocenters. The first-order valence-corrected chi connectivity index (χ1v) is 10.4. The third kappa shape index (κ3) is 4.46. The van der Waals surface area contributed by atoms with Crippen LogP contribution in [0, 0.1) is 6.92 Å². The third-order valence-corrected chi connectivity index (χ3v) is 6.29. The van der Waals surface area contributed by atoms with E-state index in [0.717, 1.165) is 53.9 Å². The highest BCUT2D eigenvalue weighted by Gasteiger charge is 2.22. The lowest BCUT2D eigenvalue weighted by Crippen LogP contribution is -2.48. The first-order valence-electron chi connectivity index (χ1n) is 9.60. The lowest BCUT2D eigenvalue weighted by atomic mass is 10.2. The second kappa shape index (κ2) is 8.63. The summed E-state index contributed by atoms with van der Waals surface area (Å²) >= 11 is 1.60. The van der Waals surface area contributed by atoms with Crippen LogP contribution in [0.15, 0.2) is 54.9 Å². The molecule has 1 aromatic carbocycles. The summed E-state index contributed by atoms with van der Waals surface area (Å²) < 4.78 is 0. The molecule has 0 radical (unpaired) electrons. The summed E-state index contributed by atoms with van der Waals surface area (Å²) in [4.78, 5) is 27.1. The minimum Gasteiger partial charge on any atom is -0.340 e. The van der Waals surface area contributed by atoms with E-state index < -0.39 is 0 Å². The molecule has 5 nitrogen and oxygen atoms in total. The van der Waals surface area contributed by atoms with Gasteiger partial charge in [0.25, 0.3) is 0 Å². The molecule has 0 N–H and O–H groups in total. The van der Waals surface area contributed by atoms with E-state index in [9.17, 15) is 4.79 Å². The Labute approximate surface area is 169 Å². The van der Waals surface area contributed by atoms with Gasteiger partial charge in [0.05, 0.1) is 12.1 Å². The van der Waals surface area contributed by atoms with Crippen molar-refractivity contribution >= 4 is 17.2 Å². The molecule has 144 valence electrons. The highest BCUT2D eigenvalue weighted by atomic mass is 32.1. The Morgan fingerprint density at radius 2 is 1.86 bits per heavy atom. The molecular weight excluding hydrogens is 368 g/mol. The number of hydrogen-bond donors (Lipinski definition) is 0. The van der Waals surface area contributed by atoms with Gasteiger partial charge in [0.2, 0.25) is 5.91 Å². The number of nitrogens with zero attached hydrogens (tertiary/aromatic N) is 4. The Bertz CT molecular complexity index is 918. The van der Waals surface area contributed by atoms with Gasteiger partial charge >= 0.3 is 0 Å². The van der Waals surface area contributed by atoms with Crippen LogP contribution in [0.4, 0.5) is 0 Å². The summed E-state index contributed by atoms with van der Waals surface area (Å²) in [6.07, 6.45) is 4.00. The maximum Gasteiger partial charge on any atom is 0.227 e. The van der Waals surface area contributed by atoms with Crippen molar-refractivity contribution < 1.29 is 4.79 Å². The maximum atomic E-state index is 12.8. The molecule has 3 heterocycles. The van der Waals surface area contributed by atoms with Crippen LogP contribution < -0.4 is 0 Å². The molecule has 6 heteroatoms. The van der Waals surface area contributed by atoms with Gasteiger partial charge in [0.1, 0.15) is 5.01 Å². The van der Waals surface area contributed by atoms with Crippen molar-refractivity contribution in [2.24, 2.45) is 0 Å². The molecule has 1 fully saturated rings. The Kier molecular flexibility index (Phi) is 5.78. The number of hydrogen-bond acceptors (Lipinski definition) is 5. The molecule has 1 aliphatic rings. The van der Waals surface area contributed by atoms with Crippen LogP contribution in [0.3, 0.4) is 0 Å². The lowest BCUT2D eigenvalue weighted by Gasteiger charge is -2.34. The largest absolute Gasteiger partial charge is 0.340 e. The van der Waals surface area contributed by atoms with Gasteiger partial charge in [-0.25, -0.2) is 4.98 Å². The number of pyridine rings is 1. The normalized spacial score (nSPS) is 15.0. The monoisotopic (exact) mass is 392 g/mol. The van der Waals surface area contributed by atoms with E-state index in [-0.39, 0.29) is 5.91 Å². The number of aryl methyl sites for hydroxylation is 1. The van der Waals surface area contributed by atoms with Gasteiger partial charge in [0, 0.05) is 55.6 Å². The van der Waals surface area contributed by atoms with E-state index in [1.54, 1.807) is 17.5 Å². The highest BCUT2D eigenvalue weighted by Crippen LogP contribution is 2.28. The summed E-state index contributed by atoms with van der Waals surface area (Å²) in [5.41, 5.74) is 3.27. The summed E-state index contributed by atoms with van der Waals surface area (Å²) in [6, 6.07) is 14.4. The Morgan fingerprint density at radius 3 is 2.57 bits per heavy atom. The van der Waals surface area contributed by atoms with Crippen LogP contribution >= 0.6 is 11.3 Å². The molecule has 4 rings (SSSR count). The van der Waals surface area contributed by atoms with Gasteiger partial charge in [-0.05, 0) is 24.6 Å². The number of amides is 1. The van der Waals surface area contributed by atoms with Gasteiger partial charge in [-0.1, -0.05) is 30.3 Å². The molecule has 28 heavy (non-hydrogen) atoms. The summed E-state index contributed by atoms with van der Waals surface area (Å²) in [6.45, 7) is 6.35. The smallest absolute Gasteiger partial charge is 0.227 e. The maximum absolute atomic E-state index is 12.8. The van der Waals surface area contributed by atoms with Crippen molar-refractivity contribution in [1.82, 2.24) is 19.8 Å². The number of aromatic nitrogens is 2. The number of benzene rings is 1. The molecule has 1 amide bonds. The topological polar surface area (TPSA) is 49.3 Å². The molecule has 1 aliphatic heterocycles. The van der Waals surface area contributed by atoms with Crippen LogP contribution in [0.2, 0.25) is 0 Å². The Morgan fingerprint density at radius 1 is 1.07 bits per heavy atom. The third-order valence-electron chi connectivity index (χ3n) is 5.09. The molecule has 1 saturated heterocycles. The van der Waals surface area contributed by atoms with Crippen molar-refractivity contribution in [1.29, 1.82) is 0 Å². The molecule has 0 spiro atoms. The van der Waals surface area contributed by atoms with Gasteiger partial charge in [-0.2, -0.15) is 0 Å². The summed E-state index contributed by atoms with van der Waals surface area (Å²) in [7, 11) is 0. The van der Waals surface area contributed by atoms with E-state index in [1.165, 1.54) is 5.56 Å². The van der Waals surface area contributed by atoms with Gasteiger partial charge in [-0.3, -0.25) is 14.7 Å². The number of carbonyl (C=O) groups excluding carboxylic acids is 1. The van der Waals surface area contributed by atoms with E-state index in [0.29, 0.717) is 6.42 Å². The fraction of sp³-hybridized carbons (Fsp3) is 0.318. The molecule has 3 aromatic rings. The van der Waals surface area contributed by atoms with E-state index in [4.69, 9.17) is 0 Å². The van der Waals surface area contributed by atoms with Gasteiger partial charge < -0.3 is 4.90 Å². The number of piperazine rings is 1. The molecular formula is C22H24N4OS. The predicted octanol–water partition coefficient (Wildman–Crippen LogP) is 3.40. The summed E-state index contributed by atoms with van der Waals surface area (Å²) in [5.74, 6) is 0.198. The SMILES string of the molecule is Cc1nc(-c2cccnc2)sc1CC(=O)N1CCN(Cc2ccccc2)CC1. The first-order chi connectivity index (χ1) is 13.7. The zero-order valence-electron chi connectivity index (χ0n) is 16.0. The van der Waals surface area contributed by atoms with E-state index in [1.807, 2.05) is 36.2 Å². The number of thiazole rings is 1. The summed E-state index contributed by atoms with van der Waals surface area (Å²) in [5, 5.41) is 0.932. The predicted molar refractivity (Wildman–Crippen MR) is 112 cm³/mol. The van der Waals surface area contributed by atoms with E-state index in [2.05, 4.69) is 39.1 Å². The van der Waals surface area contributed by atoms with E-state index >= 15 is 0 Å². The average Bonchev–Trinajstić information content (AvgIpc) is 3.10. The first kappa shape index (κ1) is 18.8. The highest BCUT2D eigenvalue weighted by molar-refractivity contribution is 7.15. The van der Waals surface area contributed by atoms with Crippen molar-refractivity contribution in [3.8, 4) is 10.6 Å². The molecule has 0 bridgehead atoms. The molecule has 2 aromatic heterocycles. The van der Waals surface area contributed by atoms with Crippen LogP contribution in [-0.2, 0) is 17.8 Å². The lowest BCUT2D eigenvalue weighted by molar-refractivity contribution is -0.132. The Hall–Kier alpha value is -2.57. The standard InChI is InChI=1S/C22H24N4OS/c1-17-20(28-22(24-17)19-8-5-9-23-15-19)14-21(27)26-12-10-25(11-13-26)16-18-6-3-2-4-7-18/h2-9,15H,10-14,16H2,1H3. The second-order valence-electron chi connectivity index (χ2n) is 7.09. The van der Waals surface area contributed by atoms with Crippen molar-refractivity contribution in [2.75, 3.05) is 26.2 Å².